The van der Waals surface area contributed by atoms with Gasteiger partial charge in [0.25, 0.3) is 0 Å². The number of aliphatic hydroxyl groups is 2. The van der Waals surface area contributed by atoms with Gasteiger partial charge >= 0.3 is 5.97 Å². The minimum atomic E-state index is -0.861. The van der Waals surface area contributed by atoms with Crippen LogP contribution in [-0.4, -0.2) is 47.4 Å². The number of carbonyl (C=O) groups is 2. The summed E-state index contributed by atoms with van der Waals surface area (Å²) in [6, 6.07) is -0.648. The topological polar surface area (TPSA) is 95.9 Å². The molecule has 0 aromatic rings. The van der Waals surface area contributed by atoms with Crippen molar-refractivity contribution in [1.82, 2.24) is 5.32 Å². The molecular weight excluding hydrogens is 743 g/mol. The van der Waals surface area contributed by atoms with Gasteiger partial charge in [0, 0.05) is 12.8 Å². The van der Waals surface area contributed by atoms with Crippen LogP contribution in [0.25, 0.3) is 0 Å². The predicted octanol–water partition coefficient (Wildman–Crippen LogP) is 15.5. The van der Waals surface area contributed by atoms with Gasteiger partial charge in [-0.15, -0.1) is 0 Å². The Morgan fingerprint density at radius 2 is 0.833 bits per heavy atom. The van der Waals surface area contributed by atoms with E-state index < -0.39 is 12.1 Å². The molecule has 0 aromatic carbocycles. The van der Waals surface area contributed by atoms with Crippen molar-refractivity contribution >= 4 is 11.9 Å². The summed E-state index contributed by atoms with van der Waals surface area (Å²) in [5, 5.41) is 23.0. The largest absolute Gasteiger partial charge is 0.466 e. The highest BCUT2D eigenvalue weighted by Crippen LogP contribution is 2.14. The van der Waals surface area contributed by atoms with Gasteiger partial charge in [-0.3, -0.25) is 9.59 Å². The number of aliphatic hydroxyl groups excluding tert-OH is 2. The Labute approximate surface area is 372 Å². The summed E-state index contributed by atoms with van der Waals surface area (Å²) >= 11 is 0. The van der Waals surface area contributed by atoms with Gasteiger partial charge in [0.1, 0.15) is 0 Å². The van der Waals surface area contributed by atoms with E-state index in [0.717, 1.165) is 77.0 Å². The average Bonchev–Trinajstić information content (AvgIpc) is 3.25. The zero-order chi connectivity index (χ0) is 43.7. The molecule has 0 aliphatic rings. The lowest BCUT2D eigenvalue weighted by Crippen LogP contribution is -2.45. The van der Waals surface area contributed by atoms with Crippen LogP contribution in [0.3, 0.4) is 0 Å². The minimum Gasteiger partial charge on any atom is -0.466 e. The quantitative estimate of drug-likeness (QED) is 0.0322. The van der Waals surface area contributed by atoms with Gasteiger partial charge in [0.05, 0.1) is 25.4 Å². The predicted molar refractivity (Wildman–Crippen MR) is 259 cm³/mol. The number of ether oxygens (including phenoxy) is 1. The van der Waals surface area contributed by atoms with Gasteiger partial charge < -0.3 is 20.3 Å². The normalized spacial score (nSPS) is 13.1. The first-order valence-electron chi connectivity index (χ1n) is 25.9. The molecule has 0 fully saturated rings. The molecule has 0 saturated carbocycles. The second kappa shape index (κ2) is 49.5. The Hall–Kier alpha value is -2.18. The van der Waals surface area contributed by atoms with E-state index in [2.05, 4.69) is 55.6 Å². The zero-order valence-corrected chi connectivity index (χ0v) is 39.7. The number of hydrogen-bond acceptors (Lipinski definition) is 5. The zero-order valence-electron chi connectivity index (χ0n) is 39.7. The van der Waals surface area contributed by atoms with Gasteiger partial charge in [-0.1, -0.05) is 204 Å². The van der Waals surface area contributed by atoms with Crippen LogP contribution in [0.1, 0.15) is 258 Å². The second-order valence-electron chi connectivity index (χ2n) is 17.5. The Morgan fingerprint density at radius 3 is 1.32 bits per heavy atom. The summed E-state index contributed by atoms with van der Waals surface area (Å²) in [5.74, 6) is -0.123. The highest BCUT2D eigenvalue weighted by Gasteiger charge is 2.18. The fraction of sp³-hybridized carbons (Fsp3) is 0.815. The maximum absolute atomic E-state index is 12.4. The Morgan fingerprint density at radius 1 is 0.467 bits per heavy atom. The van der Waals surface area contributed by atoms with Crippen LogP contribution in [0.15, 0.2) is 48.6 Å². The summed E-state index contributed by atoms with van der Waals surface area (Å²) in [5.41, 5.74) is 0. The highest BCUT2D eigenvalue weighted by atomic mass is 16.5. The third-order valence-electron chi connectivity index (χ3n) is 11.6. The third kappa shape index (κ3) is 45.3. The van der Waals surface area contributed by atoms with Crippen molar-refractivity contribution in [3.63, 3.8) is 0 Å². The van der Waals surface area contributed by atoms with Gasteiger partial charge in [0.2, 0.25) is 5.91 Å². The molecule has 0 aromatic heterocycles. The van der Waals surface area contributed by atoms with Crippen LogP contribution < -0.4 is 5.32 Å². The molecule has 0 spiro atoms. The van der Waals surface area contributed by atoms with Crippen LogP contribution in [0, 0.1) is 0 Å². The van der Waals surface area contributed by atoms with E-state index in [9.17, 15) is 19.8 Å². The first-order chi connectivity index (χ1) is 29.5. The third-order valence-corrected chi connectivity index (χ3v) is 11.6. The molecule has 0 aliphatic carbocycles. The molecule has 0 heterocycles. The molecule has 1 amide bonds. The van der Waals surface area contributed by atoms with Gasteiger partial charge in [-0.2, -0.15) is 0 Å². The fourth-order valence-electron chi connectivity index (χ4n) is 7.54. The molecule has 350 valence electrons. The van der Waals surface area contributed by atoms with Crippen molar-refractivity contribution in [2.24, 2.45) is 0 Å². The number of rotatable bonds is 47. The first-order valence-corrected chi connectivity index (χ1v) is 25.9. The lowest BCUT2D eigenvalue weighted by Gasteiger charge is -2.19. The summed E-state index contributed by atoms with van der Waals surface area (Å²) in [6.07, 6.45) is 61.1. The summed E-state index contributed by atoms with van der Waals surface area (Å²) in [6.45, 7) is 4.82. The summed E-state index contributed by atoms with van der Waals surface area (Å²) < 4.78 is 5.46. The van der Waals surface area contributed by atoms with Crippen LogP contribution in [0.2, 0.25) is 0 Å². The molecule has 0 radical (unpaired) electrons. The number of allylic oxidation sites excluding steroid dienone is 7. The van der Waals surface area contributed by atoms with Crippen molar-refractivity contribution in [3.05, 3.63) is 48.6 Å². The fourth-order valence-corrected chi connectivity index (χ4v) is 7.54. The Kier molecular flexibility index (Phi) is 47.7. The smallest absolute Gasteiger partial charge is 0.305 e. The molecule has 0 bridgehead atoms. The molecule has 0 aliphatic heterocycles. The maximum Gasteiger partial charge on any atom is 0.305 e. The number of hydrogen-bond donors (Lipinski definition) is 3. The van der Waals surface area contributed by atoms with E-state index in [0.29, 0.717) is 19.4 Å². The minimum absolute atomic E-state index is 0.0224. The van der Waals surface area contributed by atoms with Crippen molar-refractivity contribution in [2.45, 2.75) is 270 Å². The van der Waals surface area contributed by atoms with E-state index in [1.54, 1.807) is 6.08 Å². The molecule has 6 heteroatoms. The van der Waals surface area contributed by atoms with E-state index in [4.69, 9.17) is 4.74 Å². The average molecular weight is 842 g/mol. The van der Waals surface area contributed by atoms with Crippen molar-refractivity contribution in [3.8, 4) is 0 Å². The first kappa shape index (κ1) is 57.8. The number of esters is 1. The summed E-state index contributed by atoms with van der Waals surface area (Å²) in [7, 11) is 0. The lowest BCUT2D eigenvalue weighted by atomic mass is 10.1. The van der Waals surface area contributed by atoms with Crippen molar-refractivity contribution in [2.75, 3.05) is 13.2 Å². The SMILES string of the molecule is CCCCCC/C=C\C/C=C\CCCCCCCCCC(=O)OCCCCCCCC/C=C\CCCCCC(=O)NC(CO)C(O)/C=C/CCCCCCCCCCCC. The van der Waals surface area contributed by atoms with Gasteiger partial charge in [-0.25, -0.2) is 0 Å². The molecular formula is C54H99NO5. The van der Waals surface area contributed by atoms with Crippen LogP contribution in [0.4, 0.5) is 0 Å². The molecule has 0 rings (SSSR count). The standard InChI is InChI=1S/C54H99NO5/c1-3-5-7-9-11-13-15-17-18-19-20-21-24-28-32-36-40-44-48-54(59)60-49-45-41-37-33-29-25-22-23-27-31-35-39-43-47-53(58)55-51(50-56)52(57)46-42-38-34-30-26-16-14-12-10-8-6-4-2/h13,15,18-19,23,27,42,46,51-52,56-57H,3-12,14,16-17,20-22,24-26,28-41,43-45,47-50H2,1-2H3,(H,55,58)/b15-13-,19-18-,27-23-,46-42+. The van der Waals surface area contributed by atoms with Gasteiger partial charge in [-0.05, 0) is 89.9 Å². The molecule has 2 atom stereocenters. The number of unbranched alkanes of at least 4 members (excludes halogenated alkanes) is 30. The van der Waals surface area contributed by atoms with E-state index in [-0.39, 0.29) is 18.5 Å². The van der Waals surface area contributed by atoms with Crippen LogP contribution in [-0.2, 0) is 14.3 Å². The monoisotopic (exact) mass is 842 g/mol. The number of amides is 1. The Bertz CT molecular complexity index is 1020. The van der Waals surface area contributed by atoms with Crippen LogP contribution in [0.5, 0.6) is 0 Å². The van der Waals surface area contributed by atoms with Crippen LogP contribution >= 0.6 is 0 Å². The van der Waals surface area contributed by atoms with E-state index >= 15 is 0 Å². The molecule has 60 heavy (non-hydrogen) atoms. The maximum atomic E-state index is 12.4. The molecule has 0 saturated heterocycles. The van der Waals surface area contributed by atoms with E-state index in [1.165, 1.54) is 154 Å². The highest BCUT2D eigenvalue weighted by molar-refractivity contribution is 5.76. The molecule has 2 unspecified atom stereocenters. The number of nitrogens with one attached hydrogen (secondary N) is 1. The number of carbonyl (C=O) groups excluding carboxylic acids is 2. The Balaban J connectivity index is 3.52. The molecule has 6 nitrogen and oxygen atoms in total. The van der Waals surface area contributed by atoms with Crippen molar-refractivity contribution < 1.29 is 24.5 Å². The lowest BCUT2D eigenvalue weighted by molar-refractivity contribution is -0.143. The second-order valence-corrected chi connectivity index (χ2v) is 17.5. The van der Waals surface area contributed by atoms with Crippen molar-refractivity contribution in [1.29, 1.82) is 0 Å². The summed E-state index contributed by atoms with van der Waals surface area (Å²) in [4.78, 5) is 24.4. The molecule has 3 N–H and O–H groups in total. The van der Waals surface area contributed by atoms with Gasteiger partial charge in [0.15, 0.2) is 0 Å². The van der Waals surface area contributed by atoms with E-state index in [1.807, 2.05) is 6.08 Å².